The second-order valence-corrected chi connectivity index (χ2v) is 1.78. The van der Waals surface area contributed by atoms with Gasteiger partial charge < -0.3 is 4.74 Å². The lowest BCUT2D eigenvalue weighted by Crippen LogP contribution is -2.22. The summed E-state index contributed by atoms with van der Waals surface area (Å²) < 4.78 is 4.95. The van der Waals surface area contributed by atoms with Crippen molar-refractivity contribution in [3.05, 3.63) is 0 Å². The summed E-state index contributed by atoms with van der Waals surface area (Å²) in [5.41, 5.74) is 0. The normalized spacial score (nSPS) is 27.6. The van der Waals surface area contributed by atoms with Crippen LogP contribution in [0.15, 0.2) is 0 Å². The van der Waals surface area contributed by atoms with Crippen LogP contribution >= 0.6 is 0 Å². The maximum Gasteiger partial charge on any atom is 0.0969 e. The minimum atomic E-state index is 0.278. The Morgan fingerprint density at radius 1 is 1.88 bits per heavy atom. The third-order valence-corrected chi connectivity index (χ3v) is 1.13. The van der Waals surface area contributed by atoms with E-state index in [0.717, 1.165) is 0 Å². The van der Waals surface area contributed by atoms with Gasteiger partial charge in [-0.05, 0) is 0 Å². The fourth-order valence-corrected chi connectivity index (χ4v) is 0.678. The molecule has 1 aliphatic rings. The minimum Gasteiger partial charge on any atom is -0.365 e. The van der Waals surface area contributed by atoms with Crippen molar-refractivity contribution in [1.29, 1.82) is 5.26 Å². The van der Waals surface area contributed by atoms with Crippen LogP contribution in [0.25, 0.3) is 0 Å². The molecule has 1 N–H and O–H groups in total. The van der Waals surface area contributed by atoms with Crippen molar-refractivity contribution >= 4 is 0 Å². The number of nitrogens with one attached hydrogen (secondary N) is 1. The number of nitriles is 1. The van der Waals surface area contributed by atoms with Gasteiger partial charge in [-0.3, -0.25) is 5.32 Å². The van der Waals surface area contributed by atoms with Gasteiger partial charge in [0.05, 0.1) is 25.8 Å². The summed E-state index contributed by atoms with van der Waals surface area (Å²) in [5, 5.41) is 11.2. The zero-order chi connectivity index (χ0) is 5.82. The van der Waals surface area contributed by atoms with E-state index in [1.807, 2.05) is 0 Å². The average Bonchev–Trinajstić information content (AvgIpc) is 2.19. The number of nitrogens with zero attached hydrogens (tertiary/aromatic N) is 1. The Bertz CT molecular complexity index is 101. The highest BCUT2D eigenvalue weighted by Gasteiger charge is 2.12. The topological polar surface area (TPSA) is 45.0 Å². The standard InChI is InChI=1S/C5H8N2O/c6-2-1-5-3-8-4-7-5/h5,7H,1,3-4H2. The smallest absolute Gasteiger partial charge is 0.0969 e. The molecule has 1 rings (SSSR count). The van der Waals surface area contributed by atoms with E-state index in [-0.39, 0.29) is 6.04 Å². The minimum absolute atomic E-state index is 0.278. The molecule has 3 heteroatoms. The highest BCUT2D eigenvalue weighted by Crippen LogP contribution is 1.96. The maximum absolute atomic E-state index is 8.18. The molecule has 0 bridgehead atoms. The largest absolute Gasteiger partial charge is 0.365 e. The Hall–Kier alpha value is -0.590. The van der Waals surface area contributed by atoms with E-state index in [2.05, 4.69) is 11.4 Å². The summed E-state index contributed by atoms with van der Waals surface area (Å²) >= 11 is 0. The molecule has 0 radical (unpaired) electrons. The predicted molar refractivity (Wildman–Crippen MR) is 28.0 cm³/mol. The maximum atomic E-state index is 8.18. The van der Waals surface area contributed by atoms with Crippen molar-refractivity contribution in [3.63, 3.8) is 0 Å². The molecule has 8 heavy (non-hydrogen) atoms. The molecule has 0 amide bonds. The van der Waals surface area contributed by atoms with Crippen LogP contribution in [0.5, 0.6) is 0 Å². The van der Waals surface area contributed by atoms with Gasteiger partial charge in [0.1, 0.15) is 0 Å². The van der Waals surface area contributed by atoms with Gasteiger partial charge in [-0.1, -0.05) is 0 Å². The van der Waals surface area contributed by atoms with Crippen LogP contribution in [0.2, 0.25) is 0 Å². The van der Waals surface area contributed by atoms with Crippen molar-refractivity contribution in [2.75, 3.05) is 13.3 Å². The van der Waals surface area contributed by atoms with Gasteiger partial charge in [0.15, 0.2) is 0 Å². The Kier molecular flexibility index (Phi) is 1.84. The third-order valence-electron chi connectivity index (χ3n) is 1.13. The van der Waals surface area contributed by atoms with Crippen LogP contribution in [0, 0.1) is 11.3 Å². The summed E-state index contributed by atoms with van der Waals surface area (Å²) in [7, 11) is 0. The van der Waals surface area contributed by atoms with E-state index < -0.39 is 0 Å². The summed E-state index contributed by atoms with van der Waals surface area (Å²) in [4.78, 5) is 0. The van der Waals surface area contributed by atoms with Crippen molar-refractivity contribution in [1.82, 2.24) is 5.32 Å². The van der Waals surface area contributed by atoms with Gasteiger partial charge in [0.2, 0.25) is 0 Å². The number of ether oxygens (including phenoxy) is 1. The molecule has 3 nitrogen and oxygen atoms in total. The van der Waals surface area contributed by atoms with Gasteiger partial charge in [0, 0.05) is 6.04 Å². The molecule has 0 aromatic carbocycles. The monoisotopic (exact) mass is 112 g/mol. The molecule has 44 valence electrons. The van der Waals surface area contributed by atoms with Crippen molar-refractivity contribution in [2.24, 2.45) is 0 Å². The molecule has 1 saturated heterocycles. The molecule has 1 atom stereocenters. The first-order valence-corrected chi connectivity index (χ1v) is 2.61. The van der Waals surface area contributed by atoms with Gasteiger partial charge in [0.25, 0.3) is 0 Å². The van der Waals surface area contributed by atoms with Gasteiger partial charge in [-0.25, -0.2) is 0 Å². The van der Waals surface area contributed by atoms with Crippen molar-refractivity contribution in [3.8, 4) is 6.07 Å². The first kappa shape index (κ1) is 5.54. The second kappa shape index (κ2) is 2.65. The van der Waals surface area contributed by atoms with Crippen LogP contribution in [0.1, 0.15) is 6.42 Å². The van der Waals surface area contributed by atoms with E-state index in [9.17, 15) is 0 Å². The Morgan fingerprint density at radius 3 is 3.25 bits per heavy atom. The fourth-order valence-electron chi connectivity index (χ4n) is 0.678. The molecule has 0 saturated carbocycles. The van der Waals surface area contributed by atoms with E-state index >= 15 is 0 Å². The van der Waals surface area contributed by atoms with E-state index in [4.69, 9.17) is 10.00 Å². The zero-order valence-corrected chi connectivity index (χ0v) is 4.55. The molecular weight excluding hydrogens is 104 g/mol. The summed E-state index contributed by atoms with van der Waals surface area (Å²) in [6.45, 7) is 1.29. The Balaban J connectivity index is 2.17. The number of hydrogen-bond donors (Lipinski definition) is 1. The van der Waals surface area contributed by atoms with Crippen molar-refractivity contribution < 1.29 is 4.74 Å². The van der Waals surface area contributed by atoms with E-state index in [1.54, 1.807) is 0 Å². The summed E-state index contributed by atoms with van der Waals surface area (Å²) in [5.74, 6) is 0. The Labute approximate surface area is 48.2 Å². The Morgan fingerprint density at radius 2 is 2.75 bits per heavy atom. The number of hydrogen-bond acceptors (Lipinski definition) is 3. The highest BCUT2D eigenvalue weighted by atomic mass is 16.5. The molecule has 0 spiro atoms. The van der Waals surface area contributed by atoms with Gasteiger partial charge in [-0.2, -0.15) is 5.26 Å². The molecule has 0 aromatic heterocycles. The SMILES string of the molecule is N#CCC1COCN1. The van der Waals surface area contributed by atoms with Gasteiger partial charge in [-0.15, -0.1) is 0 Å². The summed E-state index contributed by atoms with van der Waals surface area (Å²) in [6, 6.07) is 2.34. The third kappa shape index (κ3) is 1.19. The molecule has 1 unspecified atom stereocenters. The van der Waals surface area contributed by atoms with Crippen LogP contribution in [-0.2, 0) is 4.74 Å². The fraction of sp³-hybridized carbons (Fsp3) is 0.800. The molecule has 0 aliphatic carbocycles. The lowest BCUT2D eigenvalue weighted by atomic mass is 10.2. The average molecular weight is 112 g/mol. The number of rotatable bonds is 1. The van der Waals surface area contributed by atoms with Crippen LogP contribution in [0.4, 0.5) is 0 Å². The zero-order valence-electron chi connectivity index (χ0n) is 4.55. The lowest BCUT2D eigenvalue weighted by Gasteiger charge is -1.97. The van der Waals surface area contributed by atoms with E-state index in [0.29, 0.717) is 19.8 Å². The molecular formula is C5H8N2O. The lowest BCUT2D eigenvalue weighted by molar-refractivity contribution is 0.190. The quantitative estimate of drug-likeness (QED) is 0.513. The molecule has 0 aromatic rings. The van der Waals surface area contributed by atoms with Gasteiger partial charge >= 0.3 is 0 Å². The first-order valence-electron chi connectivity index (χ1n) is 2.61. The second-order valence-electron chi connectivity index (χ2n) is 1.78. The molecule has 1 fully saturated rings. The van der Waals surface area contributed by atoms with Crippen LogP contribution in [0.3, 0.4) is 0 Å². The van der Waals surface area contributed by atoms with Crippen molar-refractivity contribution in [2.45, 2.75) is 12.5 Å². The van der Waals surface area contributed by atoms with Crippen LogP contribution in [-0.4, -0.2) is 19.4 Å². The molecule has 1 aliphatic heterocycles. The molecule has 1 heterocycles. The first-order chi connectivity index (χ1) is 3.93. The van der Waals surface area contributed by atoms with E-state index in [1.165, 1.54) is 0 Å². The predicted octanol–water partition coefficient (Wildman–Crippen LogP) is -0.154. The summed E-state index contributed by atoms with van der Waals surface area (Å²) in [6.07, 6.45) is 0.556. The van der Waals surface area contributed by atoms with Crippen LogP contribution < -0.4 is 5.32 Å². The highest BCUT2D eigenvalue weighted by molar-refractivity contribution is 4.81.